The summed E-state index contributed by atoms with van der Waals surface area (Å²) in [5, 5.41) is 0. The standard InChI is InChI=1S/C21H20F6O4P/c1-5-16-17(30-12(3)4)7-8-18(31-32(28)29-6-2)19(16)13-9-14(20(22,23)24)11-15(10-13)21(25,26)27/h5,7-12H,1,6H2,2-4H3/q+1. The molecule has 174 valence electrons. The van der Waals surface area contributed by atoms with Crippen LogP contribution >= 0.6 is 8.25 Å². The summed E-state index contributed by atoms with van der Waals surface area (Å²) in [6.07, 6.45) is -9.25. The number of halogens is 6. The molecular formula is C21H20F6O4P+. The zero-order valence-electron chi connectivity index (χ0n) is 17.3. The first-order valence-corrected chi connectivity index (χ1v) is 10.4. The normalized spacial score (nSPS) is 12.6. The van der Waals surface area contributed by atoms with E-state index < -0.39 is 37.3 Å². The number of hydrogen-bond donors (Lipinski definition) is 0. The number of alkyl halides is 6. The minimum absolute atomic E-state index is 0.00910. The van der Waals surface area contributed by atoms with Gasteiger partial charge < -0.3 is 4.74 Å². The molecular weight excluding hydrogens is 461 g/mol. The topological polar surface area (TPSA) is 44.8 Å². The lowest BCUT2D eigenvalue weighted by atomic mass is 9.94. The van der Waals surface area contributed by atoms with Crippen molar-refractivity contribution in [1.82, 2.24) is 0 Å². The Balaban J connectivity index is 2.88. The van der Waals surface area contributed by atoms with E-state index in [1.54, 1.807) is 13.8 Å². The molecule has 0 saturated carbocycles. The van der Waals surface area contributed by atoms with Gasteiger partial charge in [-0.15, -0.1) is 4.52 Å². The van der Waals surface area contributed by atoms with Gasteiger partial charge in [-0.3, -0.25) is 0 Å². The maximum Gasteiger partial charge on any atom is 0.750 e. The summed E-state index contributed by atoms with van der Waals surface area (Å²) >= 11 is 0. The van der Waals surface area contributed by atoms with Gasteiger partial charge in [-0.05, 0) is 56.7 Å². The second-order valence-corrected chi connectivity index (χ2v) is 7.64. The van der Waals surface area contributed by atoms with Gasteiger partial charge in [0.05, 0.1) is 17.2 Å². The van der Waals surface area contributed by atoms with Crippen molar-refractivity contribution in [3.63, 3.8) is 0 Å². The van der Waals surface area contributed by atoms with Crippen molar-refractivity contribution in [2.24, 2.45) is 0 Å². The minimum Gasteiger partial charge on any atom is -0.490 e. The van der Waals surface area contributed by atoms with Gasteiger partial charge in [-0.25, -0.2) is 4.52 Å². The lowest BCUT2D eigenvalue weighted by Crippen LogP contribution is -2.11. The molecule has 0 aliphatic carbocycles. The summed E-state index contributed by atoms with van der Waals surface area (Å²) < 4.78 is 108. The largest absolute Gasteiger partial charge is 0.750 e. The highest BCUT2D eigenvalue weighted by molar-refractivity contribution is 7.33. The fourth-order valence-corrected chi connectivity index (χ4v) is 3.40. The Kier molecular flexibility index (Phi) is 7.96. The number of hydrogen-bond acceptors (Lipinski definition) is 4. The van der Waals surface area contributed by atoms with Crippen LogP contribution in [0.2, 0.25) is 0 Å². The molecule has 0 saturated heterocycles. The van der Waals surface area contributed by atoms with E-state index >= 15 is 0 Å². The summed E-state index contributed by atoms with van der Waals surface area (Å²) in [7, 11) is -2.74. The van der Waals surface area contributed by atoms with Crippen LogP contribution in [0.4, 0.5) is 26.3 Å². The Bertz CT molecular complexity index is 967. The van der Waals surface area contributed by atoms with Crippen LogP contribution in [0.25, 0.3) is 17.2 Å². The second-order valence-electron chi connectivity index (χ2n) is 6.75. The van der Waals surface area contributed by atoms with Crippen molar-refractivity contribution in [2.45, 2.75) is 39.2 Å². The molecule has 4 nitrogen and oxygen atoms in total. The molecule has 32 heavy (non-hydrogen) atoms. The van der Waals surface area contributed by atoms with Crippen molar-refractivity contribution in [2.75, 3.05) is 6.61 Å². The highest BCUT2D eigenvalue weighted by Gasteiger charge is 2.38. The first-order chi connectivity index (χ1) is 14.8. The average molecular weight is 481 g/mol. The summed E-state index contributed by atoms with van der Waals surface area (Å²) in [4.78, 5) is 0. The van der Waals surface area contributed by atoms with Crippen LogP contribution in [0.3, 0.4) is 0 Å². The van der Waals surface area contributed by atoms with Crippen LogP contribution in [-0.2, 0) is 21.4 Å². The predicted molar refractivity (Wildman–Crippen MR) is 108 cm³/mol. The van der Waals surface area contributed by atoms with Crippen molar-refractivity contribution < 1.29 is 44.7 Å². The van der Waals surface area contributed by atoms with Gasteiger partial charge >= 0.3 is 20.6 Å². The fraction of sp³-hybridized carbons (Fsp3) is 0.333. The van der Waals surface area contributed by atoms with Gasteiger partial charge in [0.15, 0.2) is 5.75 Å². The lowest BCUT2D eigenvalue weighted by Gasteiger charge is -2.19. The van der Waals surface area contributed by atoms with E-state index in [1.807, 2.05) is 0 Å². The molecule has 2 aromatic rings. The van der Waals surface area contributed by atoms with Crippen molar-refractivity contribution >= 4 is 14.3 Å². The Morgan fingerprint density at radius 2 is 1.53 bits per heavy atom. The molecule has 0 heterocycles. The summed E-state index contributed by atoms with van der Waals surface area (Å²) in [5.74, 6) is -0.104. The maximum atomic E-state index is 13.4. The molecule has 11 heteroatoms. The Labute approximate surface area is 181 Å². The average Bonchev–Trinajstić information content (AvgIpc) is 2.66. The van der Waals surface area contributed by atoms with Gasteiger partial charge in [-0.1, -0.05) is 12.7 Å². The van der Waals surface area contributed by atoms with Crippen LogP contribution in [0.1, 0.15) is 37.5 Å². The van der Waals surface area contributed by atoms with Gasteiger partial charge in [0, 0.05) is 15.7 Å². The summed E-state index contributed by atoms with van der Waals surface area (Å²) in [6, 6.07) is 3.75. The SMILES string of the molecule is C=Cc1c(OC(C)C)ccc(O[P+](=O)OCC)c1-c1cc(C(F)(F)F)cc(C(F)(F)F)c1. The van der Waals surface area contributed by atoms with E-state index in [9.17, 15) is 30.9 Å². The van der Waals surface area contributed by atoms with Crippen LogP contribution in [-0.4, -0.2) is 12.7 Å². The smallest absolute Gasteiger partial charge is 0.490 e. The zero-order valence-corrected chi connectivity index (χ0v) is 18.2. The molecule has 2 rings (SSSR count). The van der Waals surface area contributed by atoms with Crippen LogP contribution in [0, 0.1) is 0 Å². The highest BCUT2D eigenvalue weighted by atomic mass is 31.1. The Morgan fingerprint density at radius 3 is 1.97 bits per heavy atom. The Hall–Kier alpha value is -2.58. The van der Waals surface area contributed by atoms with Gasteiger partial charge in [-0.2, -0.15) is 26.3 Å². The molecule has 0 fully saturated rings. The predicted octanol–water partition coefficient (Wildman–Crippen LogP) is 7.89. The van der Waals surface area contributed by atoms with Crippen LogP contribution < -0.4 is 9.26 Å². The van der Waals surface area contributed by atoms with E-state index in [4.69, 9.17) is 13.8 Å². The second kappa shape index (κ2) is 9.92. The molecule has 0 aliphatic rings. The van der Waals surface area contributed by atoms with Gasteiger partial charge in [0.2, 0.25) is 0 Å². The third-order valence-electron chi connectivity index (χ3n) is 4.02. The number of benzene rings is 2. The summed E-state index contributed by atoms with van der Waals surface area (Å²) in [6.45, 7) is 8.52. The molecule has 0 N–H and O–H groups in total. The van der Waals surface area contributed by atoms with E-state index in [2.05, 4.69) is 6.58 Å². The highest BCUT2D eigenvalue weighted by Crippen LogP contribution is 2.46. The first-order valence-electron chi connectivity index (χ1n) is 9.32. The first kappa shape index (κ1) is 25.7. The van der Waals surface area contributed by atoms with Crippen LogP contribution in [0.15, 0.2) is 36.9 Å². The molecule has 1 atom stereocenters. The third kappa shape index (κ3) is 6.23. The molecule has 0 radical (unpaired) electrons. The maximum absolute atomic E-state index is 13.4. The monoisotopic (exact) mass is 481 g/mol. The van der Waals surface area contributed by atoms with E-state index in [0.29, 0.717) is 12.1 Å². The quantitative estimate of drug-likeness (QED) is 0.284. The van der Waals surface area contributed by atoms with Crippen molar-refractivity contribution in [3.8, 4) is 22.6 Å². The molecule has 2 aromatic carbocycles. The van der Waals surface area contributed by atoms with Gasteiger partial charge in [0.25, 0.3) is 0 Å². The van der Waals surface area contributed by atoms with E-state index in [0.717, 1.165) is 0 Å². The van der Waals surface area contributed by atoms with Crippen molar-refractivity contribution in [3.05, 3.63) is 53.6 Å². The molecule has 1 unspecified atom stereocenters. The number of ether oxygens (including phenoxy) is 1. The minimum atomic E-state index is -5.05. The molecule has 0 aromatic heterocycles. The fourth-order valence-electron chi connectivity index (χ4n) is 2.82. The molecule has 0 spiro atoms. The van der Waals surface area contributed by atoms with E-state index in [1.165, 1.54) is 25.1 Å². The summed E-state index contributed by atoms with van der Waals surface area (Å²) in [5.41, 5.74) is -3.60. The van der Waals surface area contributed by atoms with Crippen LogP contribution in [0.5, 0.6) is 11.5 Å². The number of rotatable bonds is 8. The molecule has 0 amide bonds. The van der Waals surface area contributed by atoms with Crippen molar-refractivity contribution in [1.29, 1.82) is 0 Å². The van der Waals surface area contributed by atoms with E-state index in [-0.39, 0.29) is 41.4 Å². The third-order valence-corrected chi connectivity index (χ3v) is 4.83. The Morgan fingerprint density at radius 1 is 1.00 bits per heavy atom. The lowest BCUT2D eigenvalue weighted by molar-refractivity contribution is -0.143. The zero-order chi connectivity index (χ0) is 24.3. The van der Waals surface area contributed by atoms with Gasteiger partial charge in [0.1, 0.15) is 12.4 Å². The molecule has 0 bridgehead atoms. The molecule has 0 aliphatic heterocycles.